The van der Waals surface area contributed by atoms with Crippen LogP contribution in [-0.4, -0.2) is 18.0 Å². The summed E-state index contributed by atoms with van der Waals surface area (Å²) in [5.41, 5.74) is 5.96. The average molecular weight is 329 g/mol. The molecule has 1 aromatic rings. The highest BCUT2D eigenvalue weighted by atomic mass is 79.9. The van der Waals surface area contributed by atoms with E-state index in [0.29, 0.717) is 11.0 Å². The first-order valence-corrected chi connectivity index (χ1v) is 7.32. The van der Waals surface area contributed by atoms with Crippen LogP contribution >= 0.6 is 15.9 Å². The number of nitrogens with one attached hydrogen (secondary N) is 1. The first-order chi connectivity index (χ1) is 9.00. The molecule has 1 aromatic carbocycles. The lowest BCUT2D eigenvalue weighted by atomic mass is 9.82. The minimum atomic E-state index is -0.526. The topological polar surface area (TPSA) is 55.1 Å². The van der Waals surface area contributed by atoms with Crippen LogP contribution < -0.4 is 11.1 Å². The van der Waals surface area contributed by atoms with Crippen molar-refractivity contribution >= 4 is 21.8 Å². The fourth-order valence-electron chi connectivity index (χ4n) is 2.46. The highest BCUT2D eigenvalue weighted by Gasteiger charge is 2.28. The van der Waals surface area contributed by atoms with E-state index in [9.17, 15) is 9.18 Å². The summed E-state index contributed by atoms with van der Waals surface area (Å²) in [7, 11) is 0. The monoisotopic (exact) mass is 328 g/mol. The zero-order valence-electron chi connectivity index (χ0n) is 10.7. The van der Waals surface area contributed by atoms with Crippen LogP contribution in [0.15, 0.2) is 22.7 Å². The summed E-state index contributed by atoms with van der Waals surface area (Å²) in [6, 6.07) is 4.41. The zero-order chi connectivity index (χ0) is 13.9. The number of rotatable bonds is 3. The van der Waals surface area contributed by atoms with E-state index in [1.165, 1.54) is 18.6 Å². The highest BCUT2D eigenvalue weighted by molar-refractivity contribution is 9.10. The smallest absolute Gasteiger partial charge is 0.254 e. The van der Waals surface area contributed by atoms with Gasteiger partial charge in [0, 0.05) is 16.6 Å². The number of carbonyl (C=O) groups is 1. The Morgan fingerprint density at radius 1 is 1.37 bits per heavy atom. The zero-order valence-corrected chi connectivity index (χ0v) is 12.3. The van der Waals surface area contributed by atoms with Gasteiger partial charge in [-0.25, -0.2) is 4.39 Å². The van der Waals surface area contributed by atoms with E-state index in [4.69, 9.17) is 5.73 Å². The number of carbonyl (C=O) groups excluding carboxylic acids is 1. The third kappa shape index (κ3) is 3.76. The van der Waals surface area contributed by atoms with Gasteiger partial charge in [0.25, 0.3) is 5.91 Å². The normalized spacial score (nSPS) is 18.1. The molecule has 1 amide bonds. The molecule has 0 radical (unpaired) electrons. The number of nitrogens with two attached hydrogens (primary N) is 1. The maximum atomic E-state index is 13.6. The molecule has 104 valence electrons. The Morgan fingerprint density at radius 2 is 2.05 bits per heavy atom. The summed E-state index contributed by atoms with van der Waals surface area (Å²) in [6.45, 7) is 0.404. The lowest BCUT2D eigenvalue weighted by Crippen LogP contribution is -2.51. The van der Waals surface area contributed by atoms with Gasteiger partial charge in [0.2, 0.25) is 0 Å². The van der Waals surface area contributed by atoms with Crippen molar-refractivity contribution in [2.24, 2.45) is 5.73 Å². The molecule has 0 aliphatic heterocycles. The number of benzene rings is 1. The third-order valence-corrected chi connectivity index (χ3v) is 4.12. The van der Waals surface area contributed by atoms with E-state index in [-0.39, 0.29) is 11.1 Å². The molecule has 0 saturated heterocycles. The van der Waals surface area contributed by atoms with Gasteiger partial charge in [-0.15, -0.1) is 0 Å². The fourth-order valence-corrected chi connectivity index (χ4v) is 2.79. The largest absolute Gasteiger partial charge is 0.350 e. The molecule has 2 rings (SSSR count). The summed E-state index contributed by atoms with van der Waals surface area (Å²) < 4.78 is 14.3. The second kappa shape index (κ2) is 6.01. The number of hydrogen-bond donors (Lipinski definition) is 2. The van der Waals surface area contributed by atoms with Crippen molar-refractivity contribution in [3.63, 3.8) is 0 Å². The van der Waals surface area contributed by atoms with E-state index in [1.54, 1.807) is 6.07 Å². The van der Waals surface area contributed by atoms with Crippen LogP contribution in [-0.2, 0) is 0 Å². The van der Waals surface area contributed by atoms with Crippen molar-refractivity contribution < 1.29 is 9.18 Å². The van der Waals surface area contributed by atoms with E-state index in [1.807, 2.05) is 0 Å². The third-order valence-electron chi connectivity index (χ3n) is 3.63. The summed E-state index contributed by atoms with van der Waals surface area (Å²) in [6.07, 6.45) is 5.22. The van der Waals surface area contributed by atoms with Gasteiger partial charge in [-0.2, -0.15) is 0 Å². The predicted molar refractivity (Wildman–Crippen MR) is 76.4 cm³/mol. The SMILES string of the molecule is NC1(CNC(=O)c2ccc(Br)cc2F)CCCCC1. The first-order valence-electron chi connectivity index (χ1n) is 6.52. The molecule has 0 atom stereocenters. The number of hydrogen-bond acceptors (Lipinski definition) is 2. The molecule has 3 N–H and O–H groups in total. The lowest BCUT2D eigenvalue weighted by molar-refractivity contribution is 0.0933. The van der Waals surface area contributed by atoms with Gasteiger partial charge >= 0.3 is 0 Å². The molecule has 0 bridgehead atoms. The molecule has 0 unspecified atom stereocenters. The van der Waals surface area contributed by atoms with E-state index >= 15 is 0 Å². The first kappa shape index (κ1) is 14.5. The second-order valence-electron chi connectivity index (χ2n) is 5.23. The molecule has 0 heterocycles. The van der Waals surface area contributed by atoms with Crippen LogP contribution in [0.3, 0.4) is 0 Å². The summed E-state index contributed by atoms with van der Waals surface area (Å²) in [5.74, 6) is -0.929. The maximum Gasteiger partial charge on any atom is 0.254 e. The Balaban J connectivity index is 1.97. The van der Waals surface area contributed by atoms with Gasteiger partial charge in [-0.3, -0.25) is 4.79 Å². The Kier molecular flexibility index (Phi) is 4.58. The van der Waals surface area contributed by atoms with Gasteiger partial charge in [0.15, 0.2) is 0 Å². The molecule has 3 nitrogen and oxygen atoms in total. The molecule has 1 aliphatic carbocycles. The van der Waals surface area contributed by atoms with Crippen molar-refractivity contribution in [3.8, 4) is 0 Å². The van der Waals surface area contributed by atoms with Crippen LogP contribution in [0.2, 0.25) is 0 Å². The van der Waals surface area contributed by atoms with E-state index in [0.717, 1.165) is 25.7 Å². The van der Waals surface area contributed by atoms with Crippen molar-refractivity contribution in [3.05, 3.63) is 34.1 Å². The Morgan fingerprint density at radius 3 is 2.68 bits per heavy atom. The molecule has 1 saturated carbocycles. The molecule has 5 heteroatoms. The summed E-state index contributed by atoms with van der Waals surface area (Å²) >= 11 is 3.16. The molecular weight excluding hydrogens is 311 g/mol. The molecule has 19 heavy (non-hydrogen) atoms. The molecule has 0 aromatic heterocycles. The number of amides is 1. The standard InChI is InChI=1S/C14H18BrFN2O/c15-10-4-5-11(12(16)8-10)13(19)18-9-14(17)6-2-1-3-7-14/h4-5,8H,1-3,6-7,9,17H2,(H,18,19). The quantitative estimate of drug-likeness (QED) is 0.896. The number of halogens is 2. The Bertz CT molecular complexity index is 473. The van der Waals surface area contributed by atoms with E-state index < -0.39 is 11.7 Å². The molecule has 0 spiro atoms. The van der Waals surface area contributed by atoms with Crippen molar-refractivity contribution in [2.75, 3.05) is 6.54 Å². The molecule has 1 fully saturated rings. The average Bonchev–Trinajstić information content (AvgIpc) is 2.37. The summed E-state index contributed by atoms with van der Waals surface area (Å²) in [4.78, 5) is 11.9. The van der Waals surface area contributed by atoms with Gasteiger partial charge in [0.05, 0.1) is 5.56 Å². The van der Waals surface area contributed by atoms with Crippen molar-refractivity contribution in [1.82, 2.24) is 5.32 Å². The van der Waals surface area contributed by atoms with Crippen LogP contribution in [0.4, 0.5) is 4.39 Å². The van der Waals surface area contributed by atoms with Gasteiger partial charge in [0.1, 0.15) is 5.82 Å². The van der Waals surface area contributed by atoms with Crippen molar-refractivity contribution in [2.45, 2.75) is 37.6 Å². The minimum absolute atomic E-state index is 0.0580. The minimum Gasteiger partial charge on any atom is -0.350 e. The van der Waals surface area contributed by atoms with Crippen LogP contribution in [0, 0.1) is 5.82 Å². The Hall–Kier alpha value is -0.940. The predicted octanol–water partition coefficient (Wildman–Crippen LogP) is 2.98. The summed E-state index contributed by atoms with van der Waals surface area (Å²) in [5, 5.41) is 2.75. The van der Waals surface area contributed by atoms with Crippen LogP contribution in [0.25, 0.3) is 0 Å². The van der Waals surface area contributed by atoms with Gasteiger partial charge in [-0.05, 0) is 31.0 Å². The fraction of sp³-hybridized carbons (Fsp3) is 0.500. The van der Waals surface area contributed by atoms with Crippen molar-refractivity contribution in [1.29, 1.82) is 0 Å². The second-order valence-corrected chi connectivity index (χ2v) is 6.15. The molecular formula is C14H18BrFN2O. The van der Waals surface area contributed by atoms with Gasteiger partial charge < -0.3 is 11.1 Å². The van der Waals surface area contributed by atoms with E-state index in [2.05, 4.69) is 21.2 Å². The Labute approximate surface area is 120 Å². The lowest BCUT2D eigenvalue weighted by Gasteiger charge is -2.33. The maximum absolute atomic E-state index is 13.6. The van der Waals surface area contributed by atoms with Crippen LogP contribution in [0.1, 0.15) is 42.5 Å². The van der Waals surface area contributed by atoms with Crippen LogP contribution in [0.5, 0.6) is 0 Å². The van der Waals surface area contributed by atoms with Gasteiger partial charge in [-0.1, -0.05) is 35.2 Å². The highest BCUT2D eigenvalue weighted by Crippen LogP contribution is 2.25. The molecule has 1 aliphatic rings.